The van der Waals surface area contributed by atoms with Crippen LogP contribution in [0.5, 0.6) is 5.75 Å². The molecule has 0 aliphatic heterocycles. The molecular weight excluding hydrogens is 320 g/mol. The van der Waals surface area contributed by atoms with Crippen molar-refractivity contribution < 1.29 is 9.13 Å². The molecule has 0 heterocycles. The lowest BCUT2D eigenvalue weighted by Gasteiger charge is -2.11. The molecular formula is C14H10Cl2FNOS. The van der Waals surface area contributed by atoms with Crippen LogP contribution in [0.4, 0.5) is 4.39 Å². The molecule has 2 N–H and O–H groups in total. The van der Waals surface area contributed by atoms with Crippen molar-refractivity contribution in [2.75, 3.05) is 0 Å². The van der Waals surface area contributed by atoms with Gasteiger partial charge in [0, 0.05) is 11.1 Å². The van der Waals surface area contributed by atoms with E-state index < -0.39 is 5.82 Å². The average Bonchev–Trinajstić information content (AvgIpc) is 2.39. The molecule has 2 nitrogen and oxygen atoms in total. The second-order valence-electron chi connectivity index (χ2n) is 3.98. The number of ether oxygens (including phenoxy) is 1. The van der Waals surface area contributed by atoms with E-state index in [1.165, 1.54) is 6.07 Å². The summed E-state index contributed by atoms with van der Waals surface area (Å²) in [5, 5.41) is 0.729. The lowest BCUT2D eigenvalue weighted by Crippen LogP contribution is -2.13. The number of hydrogen-bond donors (Lipinski definition) is 1. The summed E-state index contributed by atoms with van der Waals surface area (Å²) in [4.78, 5) is 0.000117. The normalized spacial score (nSPS) is 10.3. The maximum atomic E-state index is 14.1. The predicted octanol–water partition coefficient (Wildman–Crippen LogP) is 4.35. The Hall–Kier alpha value is -1.36. The zero-order valence-corrected chi connectivity index (χ0v) is 12.5. The van der Waals surface area contributed by atoms with Gasteiger partial charge in [0.1, 0.15) is 17.4 Å². The van der Waals surface area contributed by atoms with Crippen LogP contribution in [0.15, 0.2) is 36.4 Å². The number of benzene rings is 2. The van der Waals surface area contributed by atoms with E-state index in [2.05, 4.69) is 0 Å². The quantitative estimate of drug-likeness (QED) is 0.847. The Labute approximate surface area is 131 Å². The lowest BCUT2D eigenvalue weighted by molar-refractivity contribution is 0.300. The number of para-hydroxylation sites is 1. The molecule has 6 heteroatoms. The third kappa shape index (κ3) is 3.20. The molecule has 0 spiro atoms. The van der Waals surface area contributed by atoms with Crippen LogP contribution in [0.1, 0.15) is 11.1 Å². The SMILES string of the molecule is NC(=S)c1cccc(COc2c(Cl)cccc2Cl)c1F. The average molecular weight is 330 g/mol. The van der Waals surface area contributed by atoms with E-state index in [0.29, 0.717) is 21.4 Å². The molecule has 104 valence electrons. The second-order valence-corrected chi connectivity index (χ2v) is 5.24. The lowest BCUT2D eigenvalue weighted by atomic mass is 10.1. The van der Waals surface area contributed by atoms with Gasteiger partial charge in [0.15, 0.2) is 5.75 Å². The molecule has 0 saturated carbocycles. The Bertz CT molecular complexity index is 643. The van der Waals surface area contributed by atoms with Crippen molar-refractivity contribution in [1.29, 1.82) is 0 Å². The number of nitrogens with two attached hydrogens (primary N) is 1. The van der Waals surface area contributed by atoms with Crippen LogP contribution in [0.25, 0.3) is 0 Å². The van der Waals surface area contributed by atoms with Crippen molar-refractivity contribution in [2.45, 2.75) is 6.61 Å². The molecule has 0 radical (unpaired) electrons. The fourth-order valence-electron chi connectivity index (χ4n) is 1.65. The van der Waals surface area contributed by atoms with Crippen molar-refractivity contribution in [1.82, 2.24) is 0 Å². The number of hydrogen-bond acceptors (Lipinski definition) is 2. The minimum absolute atomic E-state index is 0.000117. The molecule has 0 aliphatic rings. The smallest absolute Gasteiger partial charge is 0.156 e. The van der Waals surface area contributed by atoms with Gasteiger partial charge in [0.05, 0.1) is 10.0 Å². The summed E-state index contributed by atoms with van der Waals surface area (Å²) in [5.41, 5.74) is 5.96. The van der Waals surface area contributed by atoms with Crippen LogP contribution in [-0.2, 0) is 6.61 Å². The highest BCUT2D eigenvalue weighted by Crippen LogP contribution is 2.33. The largest absolute Gasteiger partial charge is 0.486 e. The van der Waals surface area contributed by atoms with Crippen molar-refractivity contribution in [3.63, 3.8) is 0 Å². The summed E-state index contributed by atoms with van der Waals surface area (Å²) in [7, 11) is 0. The summed E-state index contributed by atoms with van der Waals surface area (Å²) in [6, 6.07) is 9.75. The molecule has 2 rings (SSSR count). The summed E-state index contributed by atoms with van der Waals surface area (Å²) >= 11 is 16.7. The fraction of sp³-hybridized carbons (Fsp3) is 0.0714. The monoisotopic (exact) mass is 329 g/mol. The summed E-state index contributed by atoms with van der Waals surface area (Å²) in [5.74, 6) is -0.181. The van der Waals surface area contributed by atoms with Crippen LogP contribution in [-0.4, -0.2) is 4.99 Å². The van der Waals surface area contributed by atoms with Crippen LogP contribution in [0, 0.1) is 5.82 Å². The van der Waals surface area contributed by atoms with Gasteiger partial charge < -0.3 is 10.5 Å². The Morgan fingerprint density at radius 3 is 2.35 bits per heavy atom. The summed E-state index contributed by atoms with van der Waals surface area (Å²) in [6.07, 6.45) is 0. The maximum absolute atomic E-state index is 14.1. The highest BCUT2D eigenvalue weighted by molar-refractivity contribution is 7.80. The zero-order chi connectivity index (χ0) is 14.7. The van der Waals surface area contributed by atoms with Crippen molar-refractivity contribution in [2.24, 2.45) is 5.73 Å². The predicted molar refractivity (Wildman–Crippen MR) is 83.1 cm³/mol. The molecule has 0 aromatic heterocycles. The van der Waals surface area contributed by atoms with E-state index in [4.69, 9.17) is 45.9 Å². The topological polar surface area (TPSA) is 35.2 Å². The molecule has 0 bridgehead atoms. The van der Waals surface area contributed by atoms with Crippen LogP contribution in [0.2, 0.25) is 10.0 Å². The first-order valence-electron chi connectivity index (χ1n) is 5.64. The molecule has 2 aromatic rings. The van der Waals surface area contributed by atoms with E-state index in [9.17, 15) is 4.39 Å². The van der Waals surface area contributed by atoms with E-state index in [1.54, 1.807) is 30.3 Å². The van der Waals surface area contributed by atoms with Gasteiger partial charge in [0.25, 0.3) is 0 Å². The first-order chi connectivity index (χ1) is 9.50. The van der Waals surface area contributed by atoms with Crippen LogP contribution in [0.3, 0.4) is 0 Å². The van der Waals surface area contributed by atoms with Gasteiger partial charge in [-0.2, -0.15) is 0 Å². The first kappa shape index (κ1) is 15.0. The minimum atomic E-state index is -0.497. The molecule has 0 unspecified atom stereocenters. The molecule has 0 saturated heterocycles. The van der Waals surface area contributed by atoms with Crippen molar-refractivity contribution in [3.05, 3.63) is 63.4 Å². The van der Waals surface area contributed by atoms with Gasteiger partial charge in [0.2, 0.25) is 0 Å². The molecule has 0 aliphatic carbocycles. The Morgan fingerprint density at radius 2 is 1.75 bits per heavy atom. The number of halogens is 3. The van der Waals surface area contributed by atoms with Gasteiger partial charge in [-0.3, -0.25) is 0 Å². The Morgan fingerprint density at radius 1 is 1.15 bits per heavy atom. The fourth-order valence-corrected chi connectivity index (χ4v) is 2.32. The maximum Gasteiger partial charge on any atom is 0.156 e. The molecule has 0 fully saturated rings. The van der Waals surface area contributed by atoms with E-state index >= 15 is 0 Å². The van der Waals surface area contributed by atoms with E-state index in [-0.39, 0.29) is 17.2 Å². The number of thiocarbonyl (C=S) groups is 1. The van der Waals surface area contributed by atoms with Gasteiger partial charge >= 0.3 is 0 Å². The Balaban J connectivity index is 2.24. The highest BCUT2D eigenvalue weighted by Gasteiger charge is 2.12. The van der Waals surface area contributed by atoms with Crippen molar-refractivity contribution >= 4 is 40.4 Å². The zero-order valence-electron chi connectivity index (χ0n) is 10.2. The second kappa shape index (κ2) is 6.39. The third-order valence-electron chi connectivity index (χ3n) is 2.64. The van der Waals surface area contributed by atoms with E-state index in [1.807, 2.05) is 0 Å². The van der Waals surface area contributed by atoms with Crippen LogP contribution < -0.4 is 10.5 Å². The summed E-state index contributed by atoms with van der Waals surface area (Å²) < 4.78 is 19.6. The van der Waals surface area contributed by atoms with Gasteiger partial charge in [-0.15, -0.1) is 0 Å². The van der Waals surface area contributed by atoms with E-state index in [0.717, 1.165) is 0 Å². The number of rotatable bonds is 4. The Kier molecular flexibility index (Phi) is 4.81. The van der Waals surface area contributed by atoms with Gasteiger partial charge in [-0.1, -0.05) is 53.6 Å². The van der Waals surface area contributed by atoms with Gasteiger partial charge in [-0.25, -0.2) is 4.39 Å². The molecule has 0 atom stereocenters. The van der Waals surface area contributed by atoms with Crippen molar-refractivity contribution in [3.8, 4) is 5.75 Å². The first-order valence-corrected chi connectivity index (χ1v) is 6.81. The van der Waals surface area contributed by atoms with Crippen LogP contribution >= 0.6 is 35.4 Å². The molecule has 2 aromatic carbocycles. The molecule has 20 heavy (non-hydrogen) atoms. The standard InChI is InChI=1S/C14H10Cl2FNOS/c15-10-5-2-6-11(16)13(10)19-7-8-3-1-4-9(12(8)17)14(18)20/h1-6H,7H2,(H2,18,20). The minimum Gasteiger partial charge on any atom is -0.486 e. The van der Waals surface area contributed by atoms with Gasteiger partial charge in [-0.05, 0) is 18.2 Å². The third-order valence-corrected chi connectivity index (χ3v) is 3.45. The molecule has 0 amide bonds. The summed E-state index contributed by atoms with van der Waals surface area (Å²) in [6.45, 7) is -0.0221. The highest BCUT2D eigenvalue weighted by atomic mass is 35.5.